The molecule has 0 saturated carbocycles. The van der Waals surface area contributed by atoms with Crippen LogP contribution in [0, 0.1) is 5.82 Å². The molecule has 1 aromatic carbocycles. The van der Waals surface area contributed by atoms with E-state index in [4.69, 9.17) is 9.47 Å². The lowest BCUT2D eigenvalue weighted by Gasteiger charge is -2.13. The molecule has 4 heteroatoms. The molecule has 1 aromatic heterocycles. The van der Waals surface area contributed by atoms with Gasteiger partial charge in [0.05, 0.1) is 19.9 Å². The molecule has 0 amide bonds. The highest BCUT2D eigenvalue weighted by molar-refractivity contribution is 5.75. The third kappa shape index (κ3) is 3.26. The van der Waals surface area contributed by atoms with E-state index in [9.17, 15) is 4.39 Å². The lowest BCUT2D eigenvalue weighted by atomic mass is 10.0. The van der Waals surface area contributed by atoms with Gasteiger partial charge < -0.3 is 9.47 Å². The molecule has 0 spiro atoms. The summed E-state index contributed by atoms with van der Waals surface area (Å²) < 4.78 is 24.4. The molecule has 0 unspecified atom stereocenters. The Labute approximate surface area is 118 Å². The predicted octanol–water partition coefficient (Wildman–Crippen LogP) is 4.08. The maximum absolute atomic E-state index is 13.4. The maximum atomic E-state index is 13.4. The summed E-state index contributed by atoms with van der Waals surface area (Å²) >= 11 is 0. The van der Waals surface area contributed by atoms with Crippen molar-refractivity contribution in [3.8, 4) is 22.6 Å². The summed E-state index contributed by atoms with van der Waals surface area (Å²) in [7, 11) is 1.58. The summed E-state index contributed by atoms with van der Waals surface area (Å²) in [6, 6.07) is 6.36. The van der Waals surface area contributed by atoms with Crippen molar-refractivity contribution in [2.75, 3.05) is 13.7 Å². The van der Waals surface area contributed by atoms with Gasteiger partial charge in [-0.2, -0.15) is 0 Å². The van der Waals surface area contributed by atoms with Crippen LogP contribution in [-0.2, 0) is 0 Å². The molecule has 0 aliphatic carbocycles. The van der Waals surface area contributed by atoms with Gasteiger partial charge in [-0.05, 0) is 24.6 Å². The second-order valence-corrected chi connectivity index (χ2v) is 4.42. The highest BCUT2D eigenvalue weighted by Crippen LogP contribution is 2.36. The van der Waals surface area contributed by atoms with Gasteiger partial charge in [0, 0.05) is 23.4 Å². The summed E-state index contributed by atoms with van der Waals surface area (Å²) in [5.74, 6) is 0.857. The average molecular weight is 275 g/mol. The third-order valence-corrected chi connectivity index (χ3v) is 2.99. The van der Waals surface area contributed by atoms with E-state index in [0.29, 0.717) is 18.1 Å². The normalized spacial score (nSPS) is 10.3. The molecule has 2 rings (SSSR count). The lowest BCUT2D eigenvalue weighted by Crippen LogP contribution is -1.99. The smallest absolute Gasteiger partial charge is 0.145 e. The number of pyridine rings is 1. The first-order valence-electron chi connectivity index (χ1n) is 6.67. The van der Waals surface area contributed by atoms with Crippen molar-refractivity contribution in [1.82, 2.24) is 4.98 Å². The van der Waals surface area contributed by atoms with E-state index >= 15 is 0 Å². The van der Waals surface area contributed by atoms with Gasteiger partial charge in [0.25, 0.3) is 0 Å². The summed E-state index contributed by atoms with van der Waals surface area (Å²) in [5, 5.41) is 0. The van der Waals surface area contributed by atoms with E-state index in [1.165, 1.54) is 12.1 Å². The Morgan fingerprint density at radius 1 is 1.15 bits per heavy atom. The van der Waals surface area contributed by atoms with Crippen molar-refractivity contribution in [2.24, 2.45) is 0 Å². The van der Waals surface area contributed by atoms with Gasteiger partial charge in [-0.3, -0.25) is 4.98 Å². The second-order valence-electron chi connectivity index (χ2n) is 4.42. The summed E-state index contributed by atoms with van der Waals surface area (Å²) in [5.41, 5.74) is 1.65. The number of unbranched alkanes of at least 4 members (excludes halogenated alkanes) is 1. The van der Waals surface area contributed by atoms with Crippen molar-refractivity contribution in [3.63, 3.8) is 0 Å². The van der Waals surface area contributed by atoms with Gasteiger partial charge in [-0.1, -0.05) is 13.3 Å². The Balaban J connectivity index is 2.39. The van der Waals surface area contributed by atoms with Crippen LogP contribution < -0.4 is 9.47 Å². The van der Waals surface area contributed by atoms with Gasteiger partial charge in [-0.15, -0.1) is 0 Å². The van der Waals surface area contributed by atoms with Gasteiger partial charge in [0.1, 0.15) is 17.3 Å². The van der Waals surface area contributed by atoms with Crippen LogP contribution in [0.15, 0.2) is 36.7 Å². The highest BCUT2D eigenvalue weighted by atomic mass is 19.1. The van der Waals surface area contributed by atoms with Crippen LogP contribution in [0.5, 0.6) is 11.5 Å². The zero-order valence-electron chi connectivity index (χ0n) is 11.7. The molecule has 0 aliphatic rings. The number of benzene rings is 1. The molecule has 0 atom stereocenters. The van der Waals surface area contributed by atoms with E-state index in [-0.39, 0.29) is 5.82 Å². The minimum Gasteiger partial charge on any atom is -0.494 e. The zero-order chi connectivity index (χ0) is 14.4. The topological polar surface area (TPSA) is 31.4 Å². The molecule has 0 radical (unpaired) electrons. The SMILES string of the molecule is CCCCOc1cc(F)ccc1-c1ccncc1OC. The number of hydrogen-bond acceptors (Lipinski definition) is 3. The molecule has 0 aliphatic heterocycles. The zero-order valence-corrected chi connectivity index (χ0v) is 11.7. The lowest BCUT2D eigenvalue weighted by molar-refractivity contribution is 0.309. The standard InChI is InChI=1S/C16H18FNO2/c1-3-4-9-20-15-10-12(17)5-6-13(15)14-7-8-18-11-16(14)19-2/h5-8,10-11H,3-4,9H2,1-2H3. The van der Waals surface area contributed by atoms with E-state index < -0.39 is 0 Å². The van der Waals surface area contributed by atoms with Gasteiger partial charge >= 0.3 is 0 Å². The third-order valence-electron chi connectivity index (χ3n) is 2.99. The first-order chi connectivity index (χ1) is 9.76. The van der Waals surface area contributed by atoms with Crippen LogP contribution >= 0.6 is 0 Å². The highest BCUT2D eigenvalue weighted by Gasteiger charge is 2.12. The Bertz CT molecular complexity index is 572. The molecular weight excluding hydrogens is 257 g/mol. The number of nitrogens with zero attached hydrogens (tertiary/aromatic N) is 1. The van der Waals surface area contributed by atoms with Crippen molar-refractivity contribution in [2.45, 2.75) is 19.8 Å². The van der Waals surface area contributed by atoms with Crippen LogP contribution in [0.3, 0.4) is 0 Å². The van der Waals surface area contributed by atoms with Crippen molar-refractivity contribution in [3.05, 3.63) is 42.5 Å². The van der Waals surface area contributed by atoms with Crippen LogP contribution in [0.4, 0.5) is 4.39 Å². The molecule has 0 fully saturated rings. The largest absolute Gasteiger partial charge is 0.494 e. The van der Waals surface area contributed by atoms with Gasteiger partial charge in [0.15, 0.2) is 0 Å². The van der Waals surface area contributed by atoms with Crippen LogP contribution in [0.25, 0.3) is 11.1 Å². The minimum atomic E-state index is -0.312. The van der Waals surface area contributed by atoms with E-state index in [0.717, 1.165) is 24.0 Å². The Kier molecular flexibility index (Phi) is 4.93. The fraction of sp³-hybridized carbons (Fsp3) is 0.312. The first-order valence-corrected chi connectivity index (χ1v) is 6.67. The number of aromatic nitrogens is 1. The number of hydrogen-bond donors (Lipinski definition) is 0. The minimum absolute atomic E-state index is 0.312. The van der Waals surface area contributed by atoms with Crippen molar-refractivity contribution >= 4 is 0 Å². The number of rotatable bonds is 6. The number of methoxy groups -OCH3 is 1. The summed E-state index contributed by atoms with van der Waals surface area (Å²) in [6.45, 7) is 2.65. The molecule has 0 N–H and O–H groups in total. The second kappa shape index (κ2) is 6.89. The number of ether oxygens (including phenoxy) is 2. The fourth-order valence-electron chi connectivity index (χ4n) is 1.93. The summed E-state index contributed by atoms with van der Waals surface area (Å²) in [6.07, 6.45) is 5.28. The Morgan fingerprint density at radius 3 is 2.70 bits per heavy atom. The van der Waals surface area contributed by atoms with Crippen LogP contribution in [0.1, 0.15) is 19.8 Å². The van der Waals surface area contributed by atoms with Crippen molar-refractivity contribution < 1.29 is 13.9 Å². The molecule has 3 nitrogen and oxygen atoms in total. The number of halogens is 1. The molecule has 20 heavy (non-hydrogen) atoms. The Hall–Kier alpha value is -2.10. The molecule has 106 valence electrons. The molecule has 1 heterocycles. The van der Waals surface area contributed by atoms with Crippen molar-refractivity contribution in [1.29, 1.82) is 0 Å². The molecule has 0 saturated heterocycles. The maximum Gasteiger partial charge on any atom is 0.145 e. The predicted molar refractivity (Wildman–Crippen MR) is 76.6 cm³/mol. The summed E-state index contributed by atoms with van der Waals surface area (Å²) in [4.78, 5) is 4.02. The molecular formula is C16H18FNO2. The Morgan fingerprint density at radius 2 is 1.95 bits per heavy atom. The van der Waals surface area contributed by atoms with E-state index in [1.807, 2.05) is 6.07 Å². The van der Waals surface area contributed by atoms with Crippen LogP contribution in [0.2, 0.25) is 0 Å². The average Bonchev–Trinajstić information content (AvgIpc) is 2.48. The molecule has 0 bridgehead atoms. The quantitative estimate of drug-likeness (QED) is 0.744. The van der Waals surface area contributed by atoms with E-state index in [1.54, 1.807) is 25.6 Å². The fourth-order valence-corrected chi connectivity index (χ4v) is 1.93. The molecule has 2 aromatic rings. The van der Waals surface area contributed by atoms with Crippen LogP contribution in [-0.4, -0.2) is 18.7 Å². The van der Waals surface area contributed by atoms with E-state index in [2.05, 4.69) is 11.9 Å². The first kappa shape index (κ1) is 14.3. The monoisotopic (exact) mass is 275 g/mol. The van der Waals surface area contributed by atoms with Gasteiger partial charge in [-0.25, -0.2) is 4.39 Å². The van der Waals surface area contributed by atoms with Gasteiger partial charge in [0.2, 0.25) is 0 Å².